The molecule has 0 spiro atoms. The molecule has 1 saturated heterocycles. The van der Waals surface area contributed by atoms with Crippen LogP contribution in [0.15, 0.2) is 17.8 Å². The molecule has 3 atom stereocenters. The average Bonchev–Trinajstić information content (AvgIpc) is 3.34. The summed E-state index contributed by atoms with van der Waals surface area (Å²) in [6, 6.07) is 0.00134. The molecule has 3 heterocycles. The molecule has 132 valence electrons. The fourth-order valence-electron chi connectivity index (χ4n) is 3.68. The number of rotatable bonds is 5. The van der Waals surface area contributed by atoms with E-state index >= 15 is 0 Å². The average molecular weight is 344 g/mol. The van der Waals surface area contributed by atoms with Crippen molar-refractivity contribution < 1.29 is 9.84 Å². The van der Waals surface area contributed by atoms with Gasteiger partial charge in [-0.3, -0.25) is 4.57 Å². The fraction of sp³-hybridized carbons (Fsp3) is 0.667. The first kappa shape index (κ1) is 16.1. The molecule has 2 N–H and O–H groups in total. The number of fused-ring (bicyclic) bond motifs is 1. The molecule has 25 heavy (non-hydrogen) atoms. The van der Waals surface area contributed by atoms with Crippen molar-refractivity contribution in [1.82, 2.24) is 19.5 Å². The summed E-state index contributed by atoms with van der Waals surface area (Å²) in [4.78, 5) is 16.0. The SMILES string of the molecule is [N-]=[N+]=NC1CC(CO)OC1n1cnc2c(NC3CCCC3)ncnc21. The highest BCUT2D eigenvalue weighted by atomic mass is 16.5. The van der Waals surface area contributed by atoms with Gasteiger partial charge in [-0.05, 0) is 24.8 Å². The van der Waals surface area contributed by atoms with Crippen molar-refractivity contribution in [2.24, 2.45) is 5.11 Å². The van der Waals surface area contributed by atoms with Crippen molar-refractivity contribution in [3.8, 4) is 0 Å². The van der Waals surface area contributed by atoms with Crippen LogP contribution < -0.4 is 5.32 Å². The third-order valence-electron chi connectivity index (χ3n) is 4.90. The van der Waals surface area contributed by atoms with Crippen LogP contribution in [0, 0.1) is 0 Å². The van der Waals surface area contributed by atoms with E-state index in [0.717, 1.165) is 12.8 Å². The minimum absolute atomic E-state index is 0.121. The first-order chi connectivity index (χ1) is 12.3. The lowest BCUT2D eigenvalue weighted by Crippen LogP contribution is -2.18. The van der Waals surface area contributed by atoms with Gasteiger partial charge in [0.05, 0.1) is 25.1 Å². The predicted octanol–water partition coefficient (Wildman–Crippen LogP) is 2.14. The van der Waals surface area contributed by atoms with Gasteiger partial charge in [-0.25, -0.2) is 15.0 Å². The summed E-state index contributed by atoms with van der Waals surface area (Å²) in [5, 5.41) is 16.6. The lowest BCUT2D eigenvalue weighted by Gasteiger charge is -2.17. The van der Waals surface area contributed by atoms with Gasteiger partial charge in [0.15, 0.2) is 17.0 Å². The summed E-state index contributed by atoms with van der Waals surface area (Å²) in [6.07, 6.45) is 7.41. The predicted molar refractivity (Wildman–Crippen MR) is 89.7 cm³/mol. The minimum Gasteiger partial charge on any atom is -0.394 e. The Balaban J connectivity index is 1.67. The smallest absolute Gasteiger partial charge is 0.167 e. The second-order valence-corrected chi connectivity index (χ2v) is 6.51. The Morgan fingerprint density at radius 1 is 1.36 bits per heavy atom. The summed E-state index contributed by atoms with van der Waals surface area (Å²) in [5.74, 6) is 0.715. The van der Waals surface area contributed by atoms with Gasteiger partial charge in [0, 0.05) is 11.0 Å². The summed E-state index contributed by atoms with van der Waals surface area (Å²) in [6.45, 7) is -0.121. The molecule has 2 aromatic heterocycles. The number of hydrogen-bond donors (Lipinski definition) is 2. The zero-order valence-corrected chi connectivity index (χ0v) is 13.7. The number of aliphatic hydroxyl groups is 1. The Hall–Kier alpha value is -2.42. The highest BCUT2D eigenvalue weighted by Crippen LogP contribution is 2.34. The third kappa shape index (κ3) is 2.99. The number of ether oxygens (including phenoxy) is 1. The molecule has 0 bridgehead atoms. The fourth-order valence-corrected chi connectivity index (χ4v) is 3.68. The summed E-state index contributed by atoms with van der Waals surface area (Å²) >= 11 is 0. The van der Waals surface area contributed by atoms with Crippen LogP contribution in [-0.2, 0) is 4.74 Å². The van der Waals surface area contributed by atoms with E-state index in [0.29, 0.717) is 29.4 Å². The maximum absolute atomic E-state index is 9.36. The van der Waals surface area contributed by atoms with Crippen LogP contribution in [0.1, 0.15) is 38.3 Å². The first-order valence-electron chi connectivity index (χ1n) is 8.54. The normalized spacial score (nSPS) is 26.8. The molecular weight excluding hydrogens is 324 g/mol. The van der Waals surface area contributed by atoms with Gasteiger partial charge < -0.3 is 15.2 Å². The number of anilines is 1. The third-order valence-corrected chi connectivity index (χ3v) is 4.90. The molecule has 0 radical (unpaired) electrons. The standard InChI is InChI=1S/C15H20N8O2/c16-22-21-11-5-10(6-24)25-15(11)23-8-19-12-13(17-7-18-14(12)23)20-9-3-1-2-4-9/h7-11,15,24H,1-6H2,(H,17,18,20). The van der Waals surface area contributed by atoms with Crippen molar-refractivity contribution in [3.63, 3.8) is 0 Å². The summed E-state index contributed by atoms with van der Waals surface area (Å²) < 4.78 is 7.58. The van der Waals surface area contributed by atoms with Gasteiger partial charge in [0.1, 0.15) is 12.6 Å². The van der Waals surface area contributed by atoms with Crippen LogP contribution in [0.4, 0.5) is 5.82 Å². The van der Waals surface area contributed by atoms with Crippen LogP contribution in [0.25, 0.3) is 21.6 Å². The lowest BCUT2D eigenvalue weighted by molar-refractivity contribution is -0.0238. The number of nitrogens with zero attached hydrogens (tertiary/aromatic N) is 7. The number of nitrogens with one attached hydrogen (secondary N) is 1. The van der Waals surface area contributed by atoms with Crippen LogP contribution >= 0.6 is 0 Å². The molecule has 2 aromatic rings. The van der Waals surface area contributed by atoms with Crippen LogP contribution in [-0.4, -0.2) is 49.4 Å². The largest absolute Gasteiger partial charge is 0.394 e. The van der Waals surface area contributed by atoms with Gasteiger partial charge in [-0.1, -0.05) is 18.0 Å². The highest BCUT2D eigenvalue weighted by Gasteiger charge is 2.36. The molecule has 2 fully saturated rings. The number of imidazole rings is 1. The van der Waals surface area contributed by atoms with E-state index in [1.807, 2.05) is 0 Å². The van der Waals surface area contributed by atoms with E-state index in [4.69, 9.17) is 10.3 Å². The van der Waals surface area contributed by atoms with E-state index in [9.17, 15) is 5.11 Å². The summed E-state index contributed by atoms with van der Waals surface area (Å²) in [7, 11) is 0. The van der Waals surface area contributed by atoms with E-state index in [1.165, 1.54) is 19.2 Å². The number of aliphatic hydroxyl groups excluding tert-OH is 1. The van der Waals surface area contributed by atoms with E-state index in [-0.39, 0.29) is 12.7 Å². The minimum atomic E-state index is -0.535. The zero-order valence-electron chi connectivity index (χ0n) is 13.7. The quantitative estimate of drug-likeness (QED) is 0.485. The lowest BCUT2D eigenvalue weighted by atomic mass is 10.2. The Kier molecular flexibility index (Phi) is 4.39. The van der Waals surface area contributed by atoms with Crippen LogP contribution in [0.5, 0.6) is 0 Å². The van der Waals surface area contributed by atoms with Gasteiger partial charge >= 0.3 is 0 Å². The molecule has 10 nitrogen and oxygen atoms in total. The maximum Gasteiger partial charge on any atom is 0.167 e. The molecule has 1 aliphatic carbocycles. The Labute approximate surface area is 143 Å². The number of hydrogen-bond acceptors (Lipinski definition) is 7. The van der Waals surface area contributed by atoms with Crippen molar-refractivity contribution in [2.75, 3.05) is 11.9 Å². The van der Waals surface area contributed by atoms with Gasteiger partial charge in [0.25, 0.3) is 0 Å². The molecule has 1 aliphatic heterocycles. The molecule has 4 rings (SSSR count). The second-order valence-electron chi connectivity index (χ2n) is 6.51. The van der Waals surface area contributed by atoms with Gasteiger partial charge in [0.2, 0.25) is 0 Å². The Bertz CT molecular complexity index is 796. The highest BCUT2D eigenvalue weighted by molar-refractivity contribution is 5.82. The number of aromatic nitrogens is 4. The second kappa shape index (κ2) is 6.83. The maximum atomic E-state index is 9.36. The topological polar surface area (TPSA) is 134 Å². The van der Waals surface area contributed by atoms with Crippen molar-refractivity contribution in [2.45, 2.75) is 56.5 Å². The van der Waals surface area contributed by atoms with Gasteiger partial charge in [-0.2, -0.15) is 0 Å². The Morgan fingerprint density at radius 2 is 2.20 bits per heavy atom. The molecule has 0 amide bonds. The van der Waals surface area contributed by atoms with Crippen molar-refractivity contribution in [1.29, 1.82) is 0 Å². The molecular formula is C15H20N8O2. The molecule has 2 aliphatic rings. The van der Waals surface area contributed by atoms with Crippen molar-refractivity contribution >= 4 is 17.0 Å². The monoisotopic (exact) mass is 344 g/mol. The molecule has 10 heteroatoms. The molecule has 3 unspecified atom stereocenters. The number of azide groups is 1. The van der Waals surface area contributed by atoms with E-state index in [1.54, 1.807) is 10.9 Å². The first-order valence-corrected chi connectivity index (χ1v) is 8.54. The van der Waals surface area contributed by atoms with Crippen LogP contribution in [0.2, 0.25) is 0 Å². The van der Waals surface area contributed by atoms with Gasteiger partial charge in [-0.15, -0.1) is 0 Å². The van der Waals surface area contributed by atoms with Crippen LogP contribution in [0.3, 0.4) is 0 Å². The zero-order chi connectivity index (χ0) is 17.2. The van der Waals surface area contributed by atoms with E-state index in [2.05, 4.69) is 30.3 Å². The summed E-state index contributed by atoms with van der Waals surface area (Å²) in [5.41, 5.74) is 10.1. The van der Waals surface area contributed by atoms with E-state index < -0.39 is 12.3 Å². The Morgan fingerprint density at radius 3 is 2.96 bits per heavy atom. The van der Waals surface area contributed by atoms with Crippen molar-refractivity contribution in [3.05, 3.63) is 23.1 Å². The molecule has 1 saturated carbocycles. The molecule has 0 aromatic carbocycles.